The highest BCUT2D eigenvalue weighted by Gasteiger charge is 2.39. The lowest BCUT2D eigenvalue weighted by Crippen LogP contribution is -2.49. The third kappa shape index (κ3) is 4.56. The Balaban J connectivity index is 1.73. The average molecular weight is 491 g/mol. The molecule has 0 unspecified atom stereocenters. The van der Waals surface area contributed by atoms with Crippen molar-refractivity contribution in [1.29, 1.82) is 0 Å². The fourth-order valence-corrected chi connectivity index (χ4v) is 2.71. The van der Waals surface area contributed by atoms with Gasteiger partial charge < -0.3 is 19.7 Å². The Labute approximate surface area is 233 Å². The number of carbonyl (C=O) groups is 2. The maximum absolute atomic E-state index is 16.3. The Morgan fingerprint density at radius 2 is 2.15 bits per heavy atom. The van der Waals surface area contributed by atoms with E-state index in [1.807, 2.05) is 0 Å². The van der Waals surface area contributed by atoms with Crippen LogP contribution < -0.4 is 10.1 Å². The number of carbonyl (C=O) groups excluding carboxylic acids is 2. The van der Waals surface area contributed by atoms with Gasteiger partial charge in [-0.1, -0.05) is 24.7 Å². The second-order valence-corrected chi connectivity index (χ2v) is 6.36. The van der Waals surface area contributed by atoms with Crippen LogP contribution in [0.2, 0.25) is 0 Å². The van der Waals surface area contributed by atoms with E-state index in [1.165, 1.54) is 0 Å². The summed E-state index contributed by atoms with van der Waals surface area (Å²) in [5.74, 6) is -7.77. The molecule has 178 valence electrons. The summed E-state index contributed by atoms with van der Waals surface area (Å²) >= 11 is 0. The van der Waals surface area contributed by atoms with E-state index in [-0.39, 0.29) is 0 Å². The van der Waals surface area contributed by atoms with Crippen LogP contribution in [0.3, 0.4) is 0 Å². The number of hydrogen-bond donors (Lipinski definition) is 1. The van der Waals surface area contributed by atoms with Crippen LogP contribution in [-0.2, 0) is 29.1 Å². The number of ether oxygens (including phenoxy) is 2. The molecule has 2 fully saturated rings. The Morgan fingerprint density at radius 1 is 1.32 bits per heavy atom. The minimum atomic E-state index is -4.17. The largest absolute Gasteiger partial charge is 0.488 e. The summed E-state index contributed by atoms with van der Waals surface area (Å²) in [7, 11) is 0. The smallest absolute Gasteiger partial charge is 0.255 e. The minimum Gasteiger partial charge on any atom is -0.488 e. The fraction of sp³-hybridized carbons (Fsp3) is 0.385. The summed E-state index contributed by atoms with van der Waals surface area (Å²) in [5.41, 5.74) is -7.40. The molecular formula is C26H28FN3O4. The zero-order valence-electron chi connectivity index (χ0n) is 41.6. The lowest BCUT2D eigenvalue weighted by molar-refractivity contribution is -0.126. The molecule has 0 bridgehead atoms. The third-order valence-electron chi connectivity index (χ3n) is 4.18. The highest BCUT2D eigenvalue weighted by molar-refractivity contribution is 6.02. The van der Waals surface area contributed by atoms with Crippen LogP contribution in [0.4, 0.5) is 4.39 Å². The fourth-order valence-electron chi connectivity index (χ4n) is 2.71. The van der Waals surface area contributed by atoms with Crippen molar-refractivity contribution in [2.75, 3.05) is 26.1 Å². The van der Waals surface area contributed by atoms with Gasteiger partial charge in [0.05, 0.1) is 40.2 Å². The molecule has 8 heteroatoms. The first-order valence-corrected chi connectivity index (χ1v) is 9.11. The molecule has 1 atom stereocenters. The maximum Gasteiger partial charge on any atom is 0.255 e. The van der Waals surface area contributed by atoms with Crippen LogP contribution in [0.15, 0.2) is 48.5 Å². The van der Waals surface area contributed by atoms with Gasteiger partial charge in [-0.15, -0.1) is 0 Å². The molecule has 5 rings (SSSR count). The number of piperidine rings is 1. The van der Waals surface area contributed by atoms with Crippen LogP contribution in [0, 0.1) is 5.82 Å². The number of hydrogen-bond acceptors (Lipinski definition) is 5. The van der Waals surface area contributed by atoms with Crippen LogP contribution >= 0.6 is 0 Å². The standard InChI is InChI=1S/C26H28FN3O4/c1-17-5-8-23(25(31)28-17)30-15-21-20(26(30)32)3-2-4-24(21)34-16-19-7-6-18(13-22(19)27)14-29-9-11-33-12-10-29/h2-4,6-7,13,23H,1,5,8-12,14-16H2,(H,28,31)/t23-/m1/s1/i2D,3D,4D,5D2,6D,7D,8D2,9D2,10D2,11D2,12D2,13D,14D2,15D2,16D2,23D. The monoisotopic (exact) mass is 490 g/mol. The van der Waals surface area contributed by atoms with Gasteiger partial charge in [-0.3, -0.25) is 14.5 Å². The van der Waals surface area contributed by atoms with Gasteiger partial charge in [0, 0.05) is 55.6 Å². The van der Waals surface area contributed by atoms with Gasteiger partial charge in [-0.2, -0.15) is 0 Å². The highest BCUT2D eigenvalue weighted by atomic mass is 19.1. The van der Waals surface area contributed by atoms with E-state index in [0.29, 0.717) is 0 Å². The molecule has 0 radical (unpaired) electrons. The topological polar surface area (TPSA) is 71.1 Å². The van der Waals surface area contributed by atoms with Crippen LogP contribution in [-0.4, -0.2) is 53.7 Å². The summed E-state index contributed by atoms with van der Waals surface area (Å²) in [5, 5.41) is 1.74. The Bertz CT molecular complexity index is 2190. The second-order valence-electron chi connectivity index (χ2n) is 6.36. The van der Waals surface area contributed by atoms with Crippen molar-refractivity contribution in [2.24, 2.45) is 0 Å². The average Bonchev–Trinajstić information content (AvgIpc) is 3.26. The van der Waals surface area contributed by atoms with Gasteiger partial charge in [0.15, 0.2) is 0 Å². The van der Waals surface area contributed by atoms with Crippen molar-refractivity contribution in [3.8, 4) is 5.75 Å². The number of amides is 2. The lowest BCUT2D eigenvalue weighted by Gasteiger charge is -2.31. The van der Waals surface area contributed by atoms with E-state index >= 15 is 4.39 Å². The summed E-state index contributed by atoms with van der Waals surface area (Å²) in [4.78, 5) is 25.9. The molecule has 3 aliphatic rings. The molecule has 2 aromatic rings. The third-order valence-corrected chi connectivity index (χ3v) is 4.18. The lowest BCUT2D eigenvalue weighted by atomic mass is 10.0. The summed E-state index contributed by atoms with van der Waals surface area (Å²) in [6, 6.07) is -13.6. The molecule has 1 N–H and O–H groups in total. The van der Waals surface area contributed by atoms with Crippen molar-refractivity contribution in [1.82, 2.24) is 15.1 Å². The van der Waals surface area contributed by atoms with Crippen LogP contribution in [0.1, 0.15) is 74.1 Å². The SMILES string of the molecule is [2H]c1c([2H])c(OC([2H])([2H])c2c([2H])c([2H])c(C([2H])([2H])N3C([2H])([2H])C([2H])([2H])OC([2H])([2H])C3([2H])[2H])c([2H])c2F)c2c(c1[2H])C(=O)N([C@@]1([2H])C(=O)NC(=C)C([2H])([2H])C1([2H])[2H])C2([2H])[2H]. The summed E-state index contributed by atoms with van der Waals surface area (Å²) in [6.45, 7) is -24.8. The van der Waals surface area contributed by atoms with Crippen molar-refractivity contribution in [3.05, 3.63) is 76.6 Å². The van der Waals surface area contributed by atoms with E-state index in [9.17, 15) is 9.59 Å². The highest BCUT2D eigenvalue weighted by Crippen LogP contribution is 2.34. The molecule has 3 aliphatic heterocycles. The molecule has 34 heavy (non-hydrogen) atoms. The Hall–Kier alpha value is -3.23. The Kier molecular flexibility index (Phi) is 2.15. The zero-order chi connectivity index (χ0) is 45.9. The van der Waals surface area contributed by atoms with Gasteiger partial charge in [-0.25, -0.2) is 4.39 Å². The molecule has 2 saturated heterocycles. The quantitative estimate of drug-likeness (QED) is 0.674. The van der Waals surface area contributed by atoms with Gasteiger partial charge >= 0.3 is 0 Å². The first-order valence-electron chi connectivity index (χ1n) is 21.6. The molecule has 3 heterocycles. The number of allylic oxidation sites excluding steroid dienone is 1. The number of nitrogens with zero attached hydrogens (tertiary/aromatic N) is 2. The molecule has 2 amide bonds. The van der Waals surface area contributed by atoms with Gasteiger partial charge in [-0.05, 0) is 36.4 Å². The van der Waals surface area contributed by atoms with Crippen molar-refractivity contribution >= 4 is 11.8 Å². The molecular weight excluding hydrogens is 437 g/mol. The van der Waals surface area contributed by atoms with Gasteiger partial charge in [0.2, 0.25) is 5.91 Å². The molecule has 7 nitrogen and oxygen atoms in total. The molecule has 0 spiro atoms. The van der Waals surface area contributed by atoms with Crippen molar-refractivity contribution < 1.29 is 57.7 Å². The molecule has 0 aromatic heterocycles. The molecule has 0 aliphatic carbocycles. The summed E-state index contributed by atoms with van der Waals surface area (Å²) in [6.07, 6.45) is -7.29. The van der Waals surface area contributed by atoms with E-state index in [0.717, 1.165) is 0 Å². The number of morpholine rings is 1. The second kappa shape index (κ2) is 9.56. The van der Waals surface area contributed by atoms with Crippen molar-refractivity contribution in [3.63, 3.8) is 0 Å². The van der Waals surface area contributed by atoms with E-state index in [1.54, 1.807) is 5.32 Å². The van der Waals surface area contributed by atoms with E-state index in [2.05, 4.69) is 11.3 Å². The predicted molar refractivity (Wildman–Crippen MR) is 123 cm³/mol. The molecule has 2 aromatic carbocycles. The maximum atomic E-state index is 16.3. The number of benzene rings is 2. The number of halogens is 1. The Morgan fingerprint density at radius 3 is 2.97 bits per heavy atom. The zero-order valence-corrected chi connectivity index (χ0v) is 16.6. The van der Waals surface area contributed by atoms with Gasteiger partial charge in [0.1, 0.15) is 24.1 Å². The van der Waals surface area contributed by atoms with Crippen LogP contribution in [0.25, 0.3) is 0 Å². The number of rotatable bonds is 6. The minimum absolute atomic E-state index is 0.492. The first-order chi connectivity index (χ1) is 26.1. The predicted octanol–water partition coefficient (Wildman–Crippen LogP) is 2.99. The molecule has 0 saturated carbocycles. The van der Waals surface area contributed by atoms with E-state index < -0.39 is 162 Å². The normalized spacial score (nSPS) is 45.0. The summed E-state index contributed by atoms with van der Waals surface area (Å²) < 4.78 is 234. The number of nitrogens with one attached hydrogen (secondary N) is 1. The van der Waals surface area contributed by atoms with Crippen molar-refractivity contribution in [2.45, 2.75) is 38.3 Å². The van der Waals surface area contributed by atoms with Gasteiger partial charge in [0.25, 0.3) is 5.91 Å². The van der Waals surface area contributed by atoms with Crippen LogP contribution in [0.5, 0.6) is 5.75 Å². The number of fused-ring (bicyclic) bond motifs is 1. The first kappa shape index (κ1) is 7.63. The van der Waals surface area contributed by atoms with E-state index in [4.69, 9.17) is 39.0 Å².